The predicted octanol–water partition coefficient (Wildman–Crippen LogP) is 3.34. The number of halogens is 1. The SMILES string of the molecule is N#CCOc1cccc(CNc2ccccc2F)c1. The van der Waals surface area contributed by atoms with E-state index in [9.17, 15) is 4.39 Å². The number of nitrogens with one attached hydrogen (secondary N) is 1. The lowest BCUT2D eigenvalue weighted by Crippen LogP contribution is -2.02. The van der Waals surface area contributed by atoms with Crippen molar-refractivity contribution in [1.82, 2.24) is 0 Å². The van der Waals surface area contributed by atoms with Gasteiger partial charge in [0.05, 0.1) is 5.69 Å². The van der Waals surface area contributed by atoms with Crippen LogP contribution >= 0.6 is 0 Å². The molecule has 19 heavy (non-hydrogen) atoms. The Balaban J connectivity index is 2.00. The van der Waals surface area contributed by atoms with Gasteiger partial charge in [0.25, 0.3) is 0 Å². The Morgan fingerprint density at radius 2 is 2.00 bits per heavy atom. The maximum atomic E-state index is 13.4. The van der Waals surface area contributed by atoms with Crippen LogP contribution in [-0.2, 0) is 6.54 Å². The van der Waals surface area contributed by atoms with E-state index in [2.05, 4.69) is 5.32 Å². The van der Waals surface area contributed by atoms with Gasteiger partial charge in [-0.25, -0.2) is 4.39 Å². The second-order valence-corrected chi connectivity index (χ2v) is 3.93. The standard InChI is InChI=1S/C15H13FN2O/c16-14-6-1-2-7-15(14)18-11-12-4-3-5-13(10-12)19-9-8-17/h1-7,10,18H,9,11H2. The van der Waals surface area contributed by atoms with Crippen LogP contribution in [0.25, 0.3) is 0 Å². The lowest BCUT2D eigenvalue weighted by molar-refractivity contribution is 0.368. The van der Waals surface area contributed by atoms with Gasteiger partial charge < -0.3 is 10.1 Å². The molecule has 1 N–H and O–H groups in total. The zero-order valence-corrected chi connectivity index (χ0v) is 10.3. The number of benzene rings is 2. The number of rotatable bonds is 5. The first kappa shape index (κ1) is 12.9. The Kier molecular flexibility index (Phi) is 4.35. The first-order valence-electron chi connectivity index (χ1n) is 5.86. The van der Waals surface area contributed by atoms with Gasteiger partial charge in [0.1, 0.15) is 17.6 Å². The summed E-state index contributed by atoms with van der Waals surface area (Å²) in [7, 11) is 0. The Labute approximate surface area is 111 Å². The molecule has 0 bridgehead atoms. The van der Waals surface area contributed by atoms with Gasteiger partial charge in [0.2, 0.25) is 0 Å². The summed E-state index contributed by atoms with van der Waals surface area (Å²) in [6.45, 7) is 0.509. The Bertz CT molecular complexity index is 593. The van der Waals surface area contributed by atoms with Crippen LogP contribution in [0.3, 0.4) is 0 Å². The fourth-order valence-electron chi connectivity index (χ4n) is 1.66. The predicted molar refractivity (Wildman–Crippen MR) is 71.3 cm³/mol. The van der Waals surface area contributed by atoms with Crippen molar-refractivity contribution in [3.05, 3.63) is 59.9 Å². The zero-order valence-electron chi connectivity index (χ0n) is 10.3. The van der Waals surface area contributed by atoms with Crippen LogP contribution in [-0.4, -0.2) is 6.61 Å². The molecule has 0 saturated heterocycles. The van der Waals surface area contributed by atoms with Crippen molar-refractivity contribution in [3.63, 3.8) is 0 Å². The minimum Gasteiger partial charge on any atom is -0.479 e. The molecule has 0 aromatic heterocycles. The molecule has 0 fully saturated rings. The van der Waals surface area contributed by atoms with E-state index in [1.165, 1.54) is 6.07 Å². The Morgan fingerprint density at radius 1 is 1.16 bits per heavy atom. The van der Waals surface area contributed by atoms with Gasteiger partial charge in [-0.2, -0.15) is 5.26 Å². The average molecular weight is 256 g/mol. The number of para-hydroxylation sites is 1. The minimum atomic E-state index is -0.278. The summed E-state index contributed by atoms with van der Waals surface area (Å²) in [5.41, 5.74) is 1.42. The third kappa shape index (κ3) is 3.71. The number of nitriles is 1. The molecule has 0 atom stereocenters. The van der Waals surface area contributed by atoms with E-state index in [0.29, 0.717) is 18.0 Å². The van der Waals surface area contributed by atoms with Crippen LogP contribution in [0, 0.1) is 17.1 Å². The molecular formula is C15H13FN2O. The van der Waals surface area contributed by atoms with Crippen LogP contribution < -0.4 is 10.1 Å². The highest BCUT2D eigenvalue weighted by Gasteiger charge is 2.01. The topological polar surface area (TPSA) is 45.0 Å². The van der Waals surface area contributed by atoms with Crippen LogP contribution in [0.15, 0.2) is 48.5 Å². The third-order valence-corrected chi connectivity index (χ3v) is 2.56. The highest BCUT2D eigenvalue weighted by Crippen LogP contribution is 2.17. The van der Waals surface area contributed by atoms with Gasteiger partial charge in [-0.1, -0.05) is 24.3 Å². The molecule has 96 valence electrons. The number of anilines is 1. The maximum Gasteiger partial charge on any atom is 0.174 e. The second-order valence-electron chi connectivity index (χ2n) is 3.93. The summed E-state index contributed by atoms with van der Waals surface area (Å²) in [5.74, 6) is 0.355. The first-order chi connectivity index (χ1) is 9.29. The fourth-order valence-corrected chi connectivity index (χ4v) is 1.66. The van der Waals surface area contributed by atoms with E-state index < -0.39 is 0 Å². The van der Waals surface area contributed by atoms with E-state index in [1.54, 1.807) is 24.3 Å². The van der Waals surface area contributed by atoms with Crippen molar-refractivity contribution in [2.45, 2.75) is 6.54 Å². The van der Waals surface area contributed by atoms with Crippen LogP contribution in [0.4, 0.5) is 10.1 Å². The summed E-state index contributed by atoms with van der Waals surface area (Å²) in [6, 6.07) is 15.8. The van der Waals surface area contributed by atoms with E-state index in [-0.39, 0.29) is 12.4 Å². The maximum absolute atomic E-state index is 13.4. The molecule has 3 nitrogen and oxygen atoms in total. The highest BCUT2D eigenvalue weighted by atomic mass is 19.1. The van der Waals surface area contributed by atoms with Gasteiger partial charge in [0, 0.05) is 6.54 Å². The average Bonchev–Trinajstić information content (AvgIpc) is 2.45. The summed E-state index contributed by atoms with van der Waals surface area (Å²) >= 11 is 0. The highest BCUT2D eigenvalue weighted by molar-refractivity contribution is 5.45. The van der Waals surface area contributed by atoms with Crippen molar-refractivity contribution in [2.24, 2.45) is 0 Å². The van der Waals surface area contributed by atoms with Crippen molar-refractivity contribution in [3.8, 4) is 11.8 Å². The summed E-state index contributed by atoms with van der Waals surface area (Å²) in [5, 5.41) is 11.5. The molecule has 4 heteroatoms. The molecule has 0 amide bonds. The van der Waals surface area contributed by atoms with E-state index >= 15 is 0 Å². The van der Waals surface area contributed by atoms with Crippen molar-refractivity contribution in [1.29, 1.82) is 5.26 Å². The monoisotopic (exact) mass is 256 g/mol. The minimum absolute atomic E-state index is 0.0181. The first-order valence-corrected chi connectivity index (χ1v) is 5.86. The number of hydrogen-bond donors (Lipinski definition) is 1. The Hall–Kier alpha value is -2.54. The molecule has 0 heterocycles. The van der Waals surface area contributed by atoms with E-state index in [1.807, 2.05) is 24.3 Å². The molecule has 0 aliphatic heterocycles. The van der Waals surface area contributed by atoms with Gasteiger partial charge in [-0.05, 0) is 29.8 Å². The molecule has 2 rings (SSSR count). The van der Waals surface area contributed by atoms with Crippen LogP contribution in [0.5, 0.6) is 5.75 Å². The lowest BCUT2D eigenvalue weighted by atomic mass is 10.2. The van der Waals surface area contributed by atoms with Gasteiger partial charge in [-0.15, -0.1) is 0 Å². The molecule has 0 unspecified atom stereocenters. The number of hydrogen-bond acceptors (Lipinski definition) is 3. The fraction of sp³-hybridized carbons (Fsp3) is 0.133. The van der Waals surface area contributed by atoms with Crippen LogP contribution in [0.1, 0.15) is 5.56 Å². The second kappa shape index (κ2) is 6.41. The van der Waals surface area contributed by atoms with E-state index in [4.69, 9.17) is 10.00 Å². The molecule has 0 radical (unpaired) electrons. The molecule has 0 saturated carbocycles. The Morgan fingerprint density at radius 3 is 2.79 bits per heavy atom. The largest absolute Gasteiger partial charge is 0.479 e. The molecule has 0 aliphatic carbocycles. The molecule has 2 aromatic rings. The quantitative estimate of drug-likeness (QED) is 0.892. The van der Waals surface area contributed by atoms with Crippen LogP contribution in [0.2, 0.25) is 0 Å². The lowest BCUT2D eigenvalue weighted by Gasteiger charge is -2.08. The van der Waals surface area contributed by atoms with Crippen molar-refractivity contribution >= 4 is 5.69 Å². The number of ether oxygens (including phenoxy) is 1. The molecule has 0 aliphatic rings. The normalized spacial score (nSPS) is 9.68. The zero-order chi connectivity index (χ0) is 13.5. The third-order valence-electron chi connectivity index (χ3n) is 2.56. The molecule has 0 spiro atoms. The van der Waals surface area contributed by atoms with E-state index in [0.717, 1.165) is 5.56 Å². The van der Waals surface area contributed by atoms with Crippen molar-refractivity contribution < 1.29 is 9.13 Å². The van der Waals surface area contributed by atoms with Gasteiger partial charge in [0.15, 0.2) is 6.61 Å². The summed E-state index contributed by atoms with van der Waals surface area (Å²) in [6.07, 6.45) is 0. The molecular weight excluding hydrogens is 243 g/mol. The van der Waals surface area contributed by atoms with Gasteiger partial charge >= 0.3 is 0 Å². The number of nitrogens with zero attached hydrogens (tertiary/aromatic N) is 1. The summed E-state index contributed by atoms with van der Waals surface area (Å²) < 4.78 is 18.6. The smallest absolute Gasteiger partial charge is 0.174 e. The van der Waals surface area contributed by atoms with Gasteiger partial charge in [-0.3, -0.25) is 0 Å². The summed E-state index contributed by atoms with van der Waals surface area (Å²) in [4.78, 5) is 0. The van der Waals surface area contributed by atoms with Crippen molar-refractivity contribution in [2.75, 3.05) is 11.9 Å². The molecule has 2 aromatic carbocycles.